The third-order valence-electron chi connectivity index (χ3n) is 2.72. The van der Waals surface area contributed by atoms with Gasteiger partial charge in [0.05, 0.1) is 5.54 Å². The van der Waals surface area contributed by atoms with Crippen molar-refractivity contribution in [2.24, 2.45) is 10.7 Å². The zero-order valence-corrected chi connectivity index (χ0v) is 10.3. The van der Waals surface area contributed by atoms with Crippen LogP contribution in [0.15, 0.2) is 35.3 Å². The molecule has 2 amide bonds. The summed E-state index contributed by atoms with van der Waals surface area (Å²) < 4.78 is 0. The molecule has 1 aromatic carbocycles. The number of amides is 2. The van der Waals surface area contributed by atoms with Gasteiger partial charge < -0.3 is 11.1 Å². The number of carbonyl (C=O) groups excluding carboxylic acids is 2. The summed E-state index contributed by atoms with van der Waals surface area (Å²) in [6.45, 7) is 3.37. The van der Waals surface area contributed by atoms with Gasteiger partial charge in [0.15, 0.2) is 0 Å². The van der Waals surface area contributed by atoms with Gasteiger partial charge in [-0.25, -0.2) is 0 Å². The Morgan fingerprint density at radius 1 is 1.22 bits per heavy atom. The largest absolute Gasteiger partial charge is 0.319 e. The van der Waals surface area contributed by atoms with Gasteiger partial charge >= 0.3 is 0 Å². The van der Waals surface area contributed by atoms with Crippen LogP contribution in [-0.2, 0) is 9.59 Å². The maximum atomic E-state index is 12.0. The molecular weight excluding hydrogens is 230 g/mol. The Morgan fingerprint density at radius 3 is 2.33 bits per heavy atom. The van der Waals surface area contributed by atoms with Crippen molar-refractivity contribution in [3.05, 3.63) is 35.9 Å². The highest BCUT2D eigenvalue weighted by molar-refractivity contribution is 6.20. The van der Waals surface area contributed by atoms with Crippen molar-refractivity contribution in [1.29, 1.82) is 0 Å². The second-order valence-corrected chi connectivity index (χ2v) is 4.85. The van der Waals surface area contributed by atoms with E-state index in [1.54, 1.807) is 38.1 Å². The van der Waals surface area contributed by atoms with E-state index in [-0.39, 0.29) is 11.7 Å². The molecule has 18 heavy (non-hydrogen) atoms. The highest BCUT2D eigenvalue weighted by Gasteiger charge is 2.36. The third kappa shape index (κ3) is 2.31. The minimum Gasteiger partial charge on any atom is -0.319 e. The monoisotopic (exact) mass is 245 g/mol. The Labute approximate surface area is 105 Å². The minimum atomic E-state index is -0.878. The molecule has 0 saturated heterocycles. The van der Waals surface area contributed by atoms with E-state index in [4.69, 9.17) is 5.73 Å². The highest BCUT2D eigenvalue weighted by atomic mass is 16.2. The Balaban J connectivity index is 2.36. The predicted molar refractivity (Wildman–Crippen MR) is 68.0 cm³/mol. The smallest absolute Gasteiger partial charge is 0.264 e. The second-order valence-electron chi connectivity index (χ2n) is 4.85. The molecule has 0 fully saturated rings. The number of carbonyl (C=O) groups is 2. The number of nitrogens with two attached hydrogens (primary N) is 1. The summed E-state index contributed by atoms with van der Waals surface area (Å²) in [7, 11) is 0. The lowest BCUT2D eigenvalue weighted by Gasteiger charge is -2.27. The van der Waals surface area contributed by atoms with Crippen molar-refractivity contribution in [2.75, 3.05) is 0 Å². The van der Waals surface area contributed by atoms with Gasteiger partial charge in [-0.2, -0.15) is 4.99 Å². The van der Waals surface area contributed by atoms with Crippen LogP contribution in [0.1, 0.15) is 25.3 Å². The molecule has 0 aromatic heterocycles. The zero-order chi connectivity index (χ0) is 13.3. The predicted octanol–water partition coefficient (Wildman–Crippen LogP) is 0.562. The summed E-state index contributed by atoms with van der Waals surface area (Å²) in [6, 6.07) is 8.85. The van der Waals surface area contributed by atoms with Gasteiger partial charge in [0.25, 0.3) is 5.91 Å². The van der Waals surface area contributed by atoms with Crippen LogP contribution < -0.4 is 11.1 Å². The number of amidine groups is 1. The van der Waals surface area contributed by atoms with Crippen LogP contribution >= 0.6 is 0 Å². The minimum absolute atomic E-state index is 0.213. The first-order valence-corrected chi connectivity index (χ1v) is 5.67. The van der Waals surface area contributed by atoms with Crippen LogP contribution in [0.4, 0.5) is 0 Å². The molecule has 5 heteroatoms. The molecule has 1 unspecified atom stereocenters. The van der Waals surface area contributed by atoms with Crippen molar-refractivity contribution in [2.45, 2.75) is 25.3 Å². The van der Waals surface area contributed by atoms with Crippen LogP contribution in [0.25, 0.3) is 0 Å². The molecule has 1 aromatic rings. The van der Waals surface area contributed by atoms with Crippen molar-refractivity contribution in [1.82, 2.24) is 5.32 Å². The number of hydrogen-bond donors (Lipinski definition) is 2. The van der Waals surface area contributed by atoms with Crippen LogP contribution in [0.5, 0.6) is 0 Å². The van der Waals surface area contributed by atoms with Crippen molar-refractivity contribution in [3.63, 3.8) is 0 Å². The normalized spacial score (nSPS) is 20.4. The summed E-state index contributed by atoms with van der Waals surface area (Å²) >= 11 is 0. The standard InChI is InChI=1S/C13H15N3O2/c1-13(2,14)12-15-10(17)9(11(18)16-12)8-6-4-3-5-7-8/h3-7,9H,14H2,1-2H3,(H,15,16,17,18). The molecule has 94 valence electrons. The summed E-state index contributed by atoms with van der Waals surface area (Å²) in [5.74, 6) is -1.52. The Kier molecular flexibility index (Phi) is 3.00. The van der Waals surface area contributed by atoms with Crippen molar-refractivity contribution in [3.8, 4) is 0 Å². The number of rotatable bonds is 2. The maximum Gasteiger partial charge on any atom is 0.264 e. The van der Waals surface area contributed by atoms with E-state index in [1.807, 2.05) is 6.07 Å². The average molecular weight is 245 g/mol. The molecule has 1 aliphatic heterocycles. The molecule has 1 heterocycles. The first kappa shape index (κ1) is 12.4. The lowest BCUT2D eigenvalue weighted by Crippen LogP contribution is -2.55. The van der Waals surface area contributed by atoms with E-state index in [0.29, 0.717) is 5.56 Å². The van der Waals surface area contributed by atoms with E-state index in [0.717, 1.165) is 0 Å². The highest BCUT2D eigenvalue weighted by Crippen LogP contribution is 2.21. The first-order chi connectivity index (χ1) is 8.39. The zero-order valence-electron chi connectivity index (χ0n) is 10.3. The van der Waals surface area contributed by atoms with Crippen LogP contribution in [-0.4, -0.2) is 23.2 Å². The van der Waals surface area contributed by atoms with Crippen molar-refractivity contribution >= 4 is 17.6 Å². The van der Waals surface area contributed by atoms with E-state index >= 15 is 0 Å². The van der Waals surface area contributed by atoms with Gasteiger partial charge in [0, 0.05) is 0 Å². The number of nitrogens with zero attached hydrogens (tertiary/aromatic N) is 1. The molecule has 1 aliphatic rings. The molecule has 0 saturated carbocycles. The molecule has 0 spiro atoms. The lowest BCUT2D eigenvalue weighted by molar-refractivity contribution is -0.130. The molecule has 0 radical (unpaired) electrons. The van der Waals surface area contributed by atoms with Crippen LogP contribution in [0.3, 0.4) is 0 Å². The van der Waals surface area contributed by atoms with Gasteiger partial charge in [-0.15, -0.1) is 0 Å². The Bertz CT molecular complexity index is 515. The summed E-state index contributed by atoms with van der Waals surface area (Å²) in [5, 5.41) is 2.60. The molecule has 0 aliphatic carbocycles. The summed E-state index contributed by atoms with van der Waals surface area (Å²) in [5.41, 5.74) is 5.62. The molecule has 0 bridgehead atoms. The lowest BCUT2D eigenvalue weighted by atomic mass is 9.94. The number of benzene rings is 1. The van der Waals surface area contributed by atoms with Gasteiger partial charge in [-0.1, -0.05) is 30.3 Å². The fourth-order valence-electron chi connectivity index (χ4n) is 1.75. The average Bonchev–Trinajstić information content (AvgIpc) is 2.28. The summed E-state index contributed by atoms with van der Waals surface area (Å²) in [6.07, 6.45) is 0. The van der Waals surface area contributed by atoms with Gasteiger partial charge in [-0.3, -0.25) is 9.59 Å². The number of hydrogen-bond acceptors (Lipinski definition) is 3. The summed E-state index contributed by atoms with van der Waals surface area (Å²) in [4.78, 5) is 27.8. The Morgan fingerprint density at radius 2 is 1.83 bits per heavy atom. The van der Waals surface area contributed by atoms with E-state index in [1.165, 1.54) is 0 Å². The first-order valence-electron chi connectivity index (χ1n) is 5.67. The SMILES string of the molecule is CC(C)(N)C1=NC(=O)C(c2ccccc2)C(=O)N1. The van der Waals surface area contributed by atoms with Crippen LogP contribution in [0, 0.1) is 0 Å². The van der Waals surface area contributed by atoms with Crippen molar-refractivity contribution < 1.29 is 9.59 Å². The fraction of sp³-hybridized carbons (Fsp3) is 0.308. The molecule has 5 nitrogen and oxygen atoms in total. The molecule has 1 atom stereocenters. The number of aliphatic imine (C=N–C) groups is 1. The fourth-order valence-corrected chi connectivity index (χ4v) is 1.75. The maximum absolute atomic E-state index is 12.0. The second kappa shape index (κ2) is 4.34. The van der Waals surface area contributed by atoms with E-state index < -0.39 is 17.4 Å². The third-order valence-corrected chi connectivity index (χ3v) is 2.72. The van der Waals surface area contributed by atoms with Crippen LogP contribution in [0.2, 0.25) is 0 Å². The topological polar surface area (TPSA) is 84.5 Å². The molecule has 3 N–H and O–H groups in total. The van der Waals surface area contributed by atoms with Gasteiger partial charge in [0.2, 0.25) is 5.91 Å². The van der Waals surface area contributed by atoms with E-state index in [2.05, 4.69) is 10.3 Å². The van der Waals surface area contributed by atoms with Gasteiger partial charge in [0.1, 0.15) is 11.8 Å². The quantitative estimate of drug-likeness (QED) is 0.747. The Hall–Kier alpha value is -2.01. The van der Waals surface area contributed by atoms with Gasteiger partial charge in [-0.05, 0) is 19.4 Å². The molecule has 2 rings (SSSR count). The van der Waals surface area contributed by atoms with E-state index in [9.17, 15) is 9.59 Å². The number of nitrogens with one attached hydrogen (secondary N) is 1. The molecular formula is C13H15N3O2.